The first-order valence-electron chi connectivity index (χ1n) is 6.26. The number of nitrogens with one attached hydrogen (secondary N) is 1. The summed E-state index contributed by atoms with van der Waals surface area (Å²) in [4.78, 5) is 2.62. The third-order valence-electron chi connectivity index (χ3n) is 2.88. The van der Waals surface area contributed by atoms with Gasteiger partial charge in [0.1, 0.15) is 11.6 Å². The Balaban J connectivity index is 1.87. The van der Waals surface area contributed by atoms with Crippen LogP contribution in [-0.4, -0.2) is 6.04 Å². The first-order chi connectivity index (χ1) is 9.02. The smallest absolute Gasteiger partial charge is 0.126 e. The van der Waals surface area contributed by atoms with E-state index >= 15 is 0 Å². The highest BCUT2D eigenvalue weighted by Gasteiger charge is 2.06. The summed E-state index contributed by atoms with van der Waals surface area (Å²) in [5.41, 5.74) is 0.631. The van der Waals surface area contributed by atoms with Crippen LogP contribution in [0.3, 0.4) is 0 Å². The first kappa shape index (κ1) is 14.2. The first-order valence-corrected chi connectivity index (χ1v) is 7.08. The zero-order valence-electron chi connectivity index (χ0n) is 11.0. The Kier molecular flexibility index (Phi) is 4.66. The maximum atomic E-state index is 13.0. The van der Waals surface area contributed by atoms with E-state index in [2.05, 4.69) is 31.3 Å². The van der Waals surface area contributed by atoms with Gasteiger partial charge in [0.15, 0.2) is 0 Å². The molecule has 0 saturated heterocycles. The molecule has 19 heavy (non-hydrogen) atoms. The van der Waals surface area contributed by atoms with Crippen LogP contribution in [0.4, 0.5) is 8.78 Å². The van der Waals surface area contributed by atoms with E-state index in [0.717, 1.165) is 12.5 Å². The highest BCUT2D eigenvalue weighted by Crippen LogP contribution is 2.17. The predicted molar refractivity (Wildman–Crippen MR) is 75.4 cm³/mol. The molecule has 102 valence electrons. The van der Waals surface area contributed by atoms with Crippen molar-refractivity contribution in [1.29, 1.82) is 0 Å². The van der Waals surface area contributed by atoms with Crippen LogP contribution in [0, 0.1) is 18.6 Å². The second-order valence-corrected chi connectivity index (χ2v) is 6.15. The maximum Gasteiger partial charge on any atom is 0.126 e. The maximum absolute atomic E-state index is 13.0. The van der Waals surface area contributed by atoms with Crippen molar-refractivity contribution in [1.82, 2.24) is 5.32 Å². The van der Waals surface area contributed by atoms with Crippen molar-refractivity contribution >= 4 is 11.3 Å². The van der Waals surface area contributed by atoms with E-state index < -0.39 is 11.6 Å². The molecule has 1 aromatic carbocycles. The molecule has 0 aliphatic rings. The van der Waals surface area contributed by atoms with Crippen molar-refractivity contribution in [3.05, 3.63) is 57.3 Å². The highest BCUT2D eigenvalue weighted by molar-refractivity contribution is 7.11. The topological polar surface area (TPSA) is 12.0 Å². The molecular weight excluding hydrogens is 264 g/mol. The lowest BCUT2D eigenvalue weighted by Crippen LogP contribution is -2.27. The largest absolute Gasteiger partial charge is 0.310 e. The zero-order chi connectivity index (χ0) is 13.8. The third-order valence-corrected chi connectivity index (χ3v) is 3.90. The molecule has 0 bridgehead atoms. The van der Waals surface area contributed by atoms with Crippen LogP contribution in [0.25, 0.3) is 0 Å². The molecular formula is C15H17F2NS. The van der Waals surface area contributed by atoms with Gasteiger partial charge in [-0.3, -0.25) is 0 Å². The number of hydrogen-bond acceptors (Lipinski definition) is 2. The van der Waals surface area contributed by atoms with Gasteiger partial charge in [0.2, 0.25) is 0 Å². The summed E-state index contributed by atoms with van der Waals surface area (Å²) in [7, 11) is 0. The second kappa shape index (κ2) is 6.26. The number of hydrogen-bond donors (Lipinski definition) is 1. The summed E-state index contributed by atoms with van der Waals surface area (Å²) < 4.78 is 26.1. The van der Waals surface area contributed by atoms with Gasteiger partial charge in [-0.1, -0.05) is 0 Å². The van der Waals surface area contributed by atoms with Crippen molar-refractivity contribution in [2.75, 3.05) is 0 Å². The molecule has 4 heteroatoms. The van der Waals surface area contributed by atoms with Crippen molar-refractivity contribution < 1.29 is 8.78 Å². The van der Waals surface area contributed by atoms with Crippen LogP contribution in [0.5, 0.6) is 0 Å². The second-order valence-electron chi connectivity index (χ2n) is 4.78. The van der Waals surface area contributed by atoms with Crippen LogP contribution < -0.4 is 5.32 Å². The Morgan fingerprint density at radius 1 is 1.16 bits per heavy atom. The van der Waals surface area contributed by atoms with Crippen molar-refractivity contribution in [3.8, 4) is 0 Å². The molecule has 1 nitrogen and oxygen atoms in total. The number of aryl methyl sites for hydroxylation is 1. The number of rotatable bonds is 5. The molecule has 1 unspecified atom stereocenters. The third kappa shape index (κ3) is 4.40. The Morgan fingerprint density at radius 2 is 1.84 bits per heavy atom. The molecule has 1 heterocycles. The van der Waals surface area contributed by atoms with Crippen LogP contribution >= 0.6 is 11.3 Å². The minimum atomic E-state index is -0.529. The molecule has 0 radical (unpaired) electrons. The number of benzene rings is 1. The monoisotopic (exact) mass is 281 g/mol. The average Bonchev–Trinajstić information content (AvgIpc) is 2.71. The zero-order valence-corrected chi connectivity index (χ0v) is 11.9. The van der Waals surface area contributed by atoms with Gasteiger partial charge in [-0.25, -0.2) is 8.78 Å². The quantitative estimate of drug-likeness (QED) is 0.871. The Bertz CT molecular complexity index is 531. The predicted octanol–water partition coefficient (Wildman–Crippen LogP) is 4.06. The minimum absolute atomic E-state index is 0.268. The van der Waals surface area contributed by atoms with Gasteiger partial charge < -0.3 is 5.32 Å². The minimum Gasteiger partial charge on any atom is -0.310 e. The van der Waals surface area contributed by atoms with Gasteiger partial charge in [-0.15, -0.1) is 11.3 Å². The van der Waals surface area contributed by atoms with Gasteiger partial charge in [0.05, 0.1) is 0 Å². The molecule has 1 N–H and O–H groups in total. The average molecular weight is 281 g/mol. The van der Waals surface area contributed by atoms with Crippen LogP contribution in [-0.2, 0) is 13.0 Å². The fraction of sp³-hybridized carbons (Fsp3) is 0.333. The lowest BCUT2D eigenvalue weighted by atomic mass is 10.1. The van der Waals surface area contributed by atoms with E-state index in [4.69, 9.17) is 0 Å². The number of thiophene rings is 1. The molecule has 0 amide bonds. The Labute approximate surface area is 116 Å². The molecule has 0 fully saturated rings. The van der Waals surface area contributed by atoms with Crippen LogP contribution in [0.15, 0.2) is 30.3 Å². The molecule has 2 rings (SSSR count). The Hall–Kier alpha value is -1.26. The van der Waals surface area contributed by atoms with Gasteiger partial charge in [0, 0.05) is 28.4 Å². The molecule has 0 spiro atoms. The summed E-state index contributed by atoms with van der Waals surface area (Å²) in [6.07, 6.45) is 0.927. The van der Waals surface area contributed by atoms with Crippen molar-refractivity contribution in [3.63, 3.8) is 0 Å². The van der Waals surface area contributed by atoms with E-state index in [1.165, 1.54) is 21.9 Å². The molecule has 1 atom stereocenters. The van der Waals surface area contributed by atoms with E-state index in [1.54, 1.807) is 11.3 Å². The fourth-order valence-corrected chi connectivity index (χ4v) is 2.99. The summed E-state index contributed by atoms with van der Waals surface area (Å²) in [6, 6.07) is 8.11. The molecule has 0 aliphatic carbocycles. The van der Waals surface area contributed by atoms with E-state index in [9.17, 15) is 8.78 Å². The normalized spacial score (nSPS) is 12.6. The molecule has 2 aromatic rings. The molecule has 0 aliphatic heterocycles. The summed E-state index contributed by atoms with van der Waals surface area (Å²) in [5, 5.41) is 3.28. The van der Waals surface area contributed by atoms with Crippen molar-refractivity contribution in [2.24, 2.45) is 0 Å². The summed E-state index contributed by atoms with van der Waals surface area (Å²) >= 11 is 1.78. The van der Waals surface area contributed by atoms with E-state index in [-0.39, 0.29) is 6.04 Å². The Morgan fingerprint density at radius 3 is 2.42 bits per heavy atom. The lowest BCUT2D eigenvalue weighted by Gasteiger charge is -2.13. The molecule has 1 aromatic heterocycles. The highest BCUT2D eigenvalue weighted by atomic mass is 32.1. The lowest BCUT2D eigenvalue weighted by molar-refractivity contribution is 0.538. The van der Waals surface area contributed by atoms with E-state index in [1.807, 2.05) is 0 Å². The van der Waals surface area contributed by atoms with Gasteiger partial charge in [-0.05, 0) is 50.1 Å². The molecule has 0 saturated carbocycles. The fourth-order valence-electron chi connectivity index (χ4n) is 1.97. The standard InChI is InChI=1S/C15H17F2NS/c1-10(5-15-4-3-11(2)19-15)18-9-12-6-13(16)8-14(17)7-12/h3-4,6-8,10,18H,5,9H2,1-2H3. The van der Waals surface area contributed by atoms with Gasteiger partial charge in [0.25, 0.3) is 0 Å². The summed E-state index contributed by atoms with van der Waals surface area (Å²) in [6.45, 7) is 4.63. The summed E-state index contributed by atoms with van der Waals surface area (Å²) in [5.74, 6) is -1.06. The van der Waals surface area contributed by atoms with Crippen molar-refractivity contribution in [2.45, 2.75) is 32.9 Å². The number of halogens is 2. The van der Waals surface area contributed by atoms with Gasteiger partial charge >= 0.3 is 0 Å². The van der Waals surface area contributed by atoms with E-state index in [0.29, 0.717) is 12.1 Å². The van der Waals surface area contributed by atoms with Gasteiger partial charge in [-0.2, -0.15) is 0 Å². The van der Waals surface area contributed by atoms with Crippen LogP contribution in [0.1, 0.15) is 22.2 Å². The SMILES string of the molecule is Cc1ccc(CC(C)NCc2cc(F)cc(F)c2)s1. The van der Waals surface area contributed by atoms with Crippen LogP contribution in [0.2, 0.25) is 0 Å².